The number of aromatic nitrogens is 3. The van der Waals surface area contributed by atoms with Crippen molar-refractivity contribution in [1.29, 1.82) is 0 Å². The maximum atomic E-state index is 5.85. The molecule has 1 N–H and O–H groups in total. The standard InChI is InChI=1S/C26H25N5OS/c1-18-8-13-23(31(18)20-6-5-14-27-16-20)25-24(22-7-3-4-15-28-22)29-26(33)30(25)17-19-9-11-21(32-2)12-10-19/h3-16,24-25H,17H2,1-2H3,(H,29,33)/t24-,25+/m1/s1. The number of hydrogen-bond acceptors (Lipinski definition) is 4. The minimum absolute atomic E-state index is 0.0524. The lowest BCUT2D eigenvalue weighted by atomic mass is 10.0. The minimum Gasteiger partial charge on any atom is -0.497 e. The molecule has 0 radical (unpaired) electrons. The number of ether oxygens (including phenoxy) is 1. The fourth-order valence-corrected chi connectivity index (χ4v) is 4.76. The Morgan fingerprint density at radius 3 is 2.55 bits per heavy atom. The number of hydrogen-bond donors (Lipinski definition) is 1. The summed E-state index contributed by atoms with van der Waals surface area (Å²) in [6, 6.07) is 22.4. The highest BCUT2D eigenvalue weighted by Gasteiger charge is 2.41. The lowest BCUT2D eigenvalue weighted by molar-refractivity contribution is 0.302. The number of methoxy groups -OCH3 is 1. The van der Waals surface area contributed by atoms with Gasteiger partial charge in [0, 0.05) is 30.3 Å². The molecule has 1 saturated heterocycles. The van der Waals surface area contributed by atoms with E-state index in [9.17, 15) is 0 Å². The van der Waals surface area contributed by atoms with Gasteiger partial charge in [0.25, 0.3) is 0 Å². The maximum Gasteiger partial charge on any atom is 0.170 e. The summed E-state index contributed by atoms with van der Waals surface area (Å²) in [5.41, 5.74) is 5.41. The van der Waals surface area contributed by atoms with Gasteiger partial charge in [-0.3, -0.25) is 9.97 Å². The first-order chi connectivity index (χ1) is 16.2. The van der Waals surface area contributed by atoms with Gasteiger partial charge in [-0.25, -0.2) is 0 Å². The zero-order valence-electron chi connectivity index (χ0n) is 18.6. The second-order valence-corrected chi connectivity index (χ2v) is 8.44. The molecule has 2 atom stereocenters. The summed E-state index contributed by atoms with van der Waals surface area (Å²) in [6.07, 6.45) is 5.51. The molecule has 0 amide bonds. The van der Waals surface area contributed by atoms with Gasteiger partial charge < -0.3 is 19.5 Å². The molecule has 6 nitrogen and oxygen atoms in total. The summed E-state index contributed by atoms with van der Waals surface area (Å²) in [5, 5.41) is 4.25. The van der Waals surface area contributed by atoms with Crippen LogP contribution in [-0.4, -0.2) is 31.7 Å². The van der Waals surface area contributed by atoms with Crippen molar-refractivity contribution < 1.29 is 4.74 Å². The SMILES string of the molecule is COc1ccc(CN2C(=S)N[C@H](c3ccccn3)[C@@H]2c2ccc(C)n2-c2cccnc2)cc1. The number of pyridine rings is 2. The van der Waals surface area contributed by atoms with Crippen LogP contribution in [0.5, 0.6) is 5.75 Å². The van der Waals surface area contributed by atoms with Crippen molar-refractivity contribution in [3.05, 3.63) is 108 Å². The number of rotatable bonds is 6. The third-order valence-electron chi connectivity index (χ3n) is 6.02. The average Bonchev–Trinajstić information content (AvgIpc) is 3.40. The lowest BCUT2D eigenvalue weighted by Gasteiger charge is -2.29. The van der Waals surface area contributed by atoms with Crippen LogP contribution in [-0.2, 0) is 6.54 Å². The predicted molar refractivity (Wildman–Crippen MR) is 132 cm³/mol. The van der Waals surface area contributed by atoms with Crippen LogP contribution in [0.3, 0.4) is 0 Å². The Hall–Kier alpha value is -3.71. The van der Waals surface area contributed by atoms with E-state index in [-0.39, 0.29) is 12.1 Å². The van der Waals surface area contributed by atoms with Gasteiger partial charge in [-0.1, -0.05) is 18.2 Å². The lowest BCUT2D eigenvalue weighted by Crippen LogP contribution is -2.30. The summed E-state index contributed by atoms with van der Waals surface area (Å²) in [6.45, 7) is 2.78. The molecule has 5 rings (SSSR count). The molecule has 1 fully saturated rings. The second kappa shape index (κ2) is 9.03. The monoisotopic (exact) mass is 455 g/mol. The van der Waals surface area contributed by atoms with Gasteiger partial charge in [-0.2, -0.15) is 0 Å². The van der Waals surface area contributed by atoms with Gasteiger partial charge in [0.15, 0.2) is 5.11 Å². The molecule has 3 aromatic heterocycles. The van der Waals surface area contributed by atoms with Crippen molar-refractivity contribution in [2.75, 3.05) is 7.11 Å². The van der Waals surface area contributed by atoms with Gasteiger partial charge in [0.2, 0.25) is 0 Å². The third kappa shape index (κ3) is 4.07. The summed E-state index contributed by atoms with van der Waals surface area (Å²) < 4.78 is 7.58. The van der Waals surface area contributed by atoms with Crippen LogP contribution >= 0.6 is 12.2 Å². The Labute approximate surface area is 198 Å². The van der Waals surface area contributed by atoms with E-state index in [0.717, 1.165) is 34.1 Å². The molecule has 7 heteroatoms. The first kappa shape index (κ1) is 21.2. The van der Waals surface area contributed by atoms with Crippen LogP contribution in [0.25, 0.3) is 5.69 Å². The van der Waals surface area contributed by atoms with Crippen LogP contribution < -0.4 is 10.1 Å². The van der Waals surface area contributed by atoms with Crippen molar-refractivity contribution >= 4 is 17.3 Å². The Kier molecular flexibility index (Phi) is 5.79. The van der Waals surface area contributed by atoms with Gasteiger partial charge in [0.1, 0.15) is 5.75 Å². The Balaban J connectivity index is 1.60. The van der Waals surface area contributed by atoms with E-state index in [2.05, 4.69) is 62.0 Å². The van der Waals surface area contributed by atoms with Crippen molar-refractivity contribution in [1.82, 2.24) is 24.8 Å². The van der Waals surface area contributed by atoms with Crippen molar-refractivity contribution in [2.45, 2.75) is 25.6 Å². The summed E-state index contributed by atoms with van der Waals surface area (Å²) in [4.78, 5) is 11.3. The maximum absolute atomic E-state index is 5.85. The van der Waals surface area contributed by atoms with E-state index in [1.54, 1.807) is 13.3 Å². The minimum atomic E-state index is -0.0818. The fourth-order valence-electron chi connectivity index (χ4n) is 4.45. The molecule has 0 spiro atoms. The molecule has 0 unspecified atom stereocenters. The van der Waals surface area contributed by atoms with Crippen LogP contribution in [0.4, 0.5) is 0 Å². The average molecular weight is 456 g/mol. The molecule has 1 aliphatic heterocycles. The van der Waals surface area contributed by atoms with E-state index < -0.39 is 0 Å². The highest BCUT2D eigenvalue weighted by molar-refractivity contribution is 7.80. The molecule has 33 heavy (non-hydrogen) atoms. The second-order valence-electron chi connectivity index (χ2n) is 8.05. The number of aryl methyl sites for hydroxylation is 1. The van der Waals surface area contributed by atoms with Crippen molar-refractivity contribution in [3.8, 4) is 11.4 Å². The van der Waals surface area contributed by atoms with Gasteiger partial charge in [-0.05, 0) is 73.2 Å². The number of nitrogens with one attached hydrogen (secondary N) is 1. The molecule has 1 aromatic carbocycles. The van der Waals surface area contributed by atoms with Gasteiger partial charge in [0.05, 0.1) is 36.8 Å². The zero-order valence-corrected chi connectivity index (χ0v) is 19.4. The van der Waals surface area contributed by atoms with E-state index in [0.29, 0.717) is 11.7 Å². The molecule has 4 heterocycles. The van der Waals surface area contributed by atoms with Gasteiger partial charge >= 0.3 is 0 Å². The molecular formula is C26H25N5OS. The smallest absolute Gasteiger partial charge is 0.170 e. The number of nitrogens with zero attached hydrogens (tertiary/aromatic N) is 4. The Morgan fingerprint density at radius 1 is 1.00 bits per heavy atom. The highest BCUT2D eigenvalue weighted by Crippen LogP contribution is 2.41. The van der Waals surface area contributed by atoms with Gasteiger partial charge in [-0.15, -0.1) is 0 Å². The van der Waals surface area contributed by atoms with Crippen LogP contribution in [0.2, 0.25) is 0 Å². The van der Waals surface area contributed by atoms with Crippen molar-refractivity contribution in [2.24, 2.45) is 0 Å². The first-order valence-electron chi connectivity index (χ1n) is 10.9. The molecule has 0 aliphatic carbocycles. The normalized spacial score (nSPS) is 17.8. The molecule has 1 aliphatic rings. The topological polar surface area (TPSA) is 55.2 Å². The fraction of sp³-hybridized carbons (Fsp3) is 0.192. The van der Waals surface area contributed by atoms with Crippen LogP contribution in [0, 0.1) is 6.92 Å². The largest absolute Gasteiger partial charge is 0.497 e. The van der Waals surface area contributed by atoms with E-state index in [1.165, 1.54) is 0 Å². The van der Waals surface area contributed by atoms with Crippen LogP contribution in [0.15, 0.2) is 85.3 Å². The zero-order chi connectivity index (χ0) is 22.8. The predicted octanol–water partition coefficient (Wildman–Crippen LogP) is 4.76. The van der Waals surface area contributed by atoms with Crippen LogP contribution in [0.1, 0.15) is 34.7 Å². The van der Waals surface area contributed by atoms with E-state index >= 15 is 0 Å². The van der Waals surface area contributed by atoms with E-state index in [4.69, 9.17) is 17.0 Å². The summed E-state index contributed by atoms with van der Waals surface area (Å²) >= 11 is 5.85. The summed E-state index contributed by atoms with van der Waals surface area (Å²) in [5.74, 6) is 0.838. The number of thiocarbonyl (C=S) groups is 1. The molecule has 0 bridgehead atoms. The Morgan fingerprint density at radius 2 is 1.85 bits per heavy atom. The molecule has 0 saturated carbocycles. The molecule has 4 aromatic rings. The quantitative estimate of drug-likeness (QED) is 0.423. The first-order valence-corrected chi connectivity index (χ1v) is 11.3. The van der Waals surface area contributed by atoms with Crippen molar-refractivity contribution in [3.63, 3.8) is 0 Å². The van der Waals surface area contributed by atoms with E-state index in [1.807, 2.05) is 48.8 Å². The Bertz CT molecular complexity index is 1240. The summed E-state index contributed by atoms with van der Waals surface area (Å²) in [7, 11) is 1.68. The highest BCUT2D eigenvalue weighted by atomic mass is 32.1. The molecule has 166 valence electrons. The molecular weight excluding hydrogens is 430 g/mol. The third-order valence-corrected chi connectivity index (χ3v) is 6.38. The number of benzene rings is 1.